The topological polar surface area (TPSA) is 0 Å². The molecule has 9 aromatic carbocycles. The molecule has 0 heterocycles. The molecule has 0 bridgehead atoms. The van der Waals surface area contributed by atoms with Gasteiger partial charge in [-0.05, 0) is 89.7 Å². The Morgan fingerprint density at radius 3 is 0.552 bits per heavy atom. The summed E-state index contributed by atoms with van der Waals surface area (Å²) >= 11 is 0. The molecule has 0 aliphatic rings. The number of hydrogen-bond donors (Lipinski definition) is 0. The van der Waals surface area contributed by atoms with Crippen LogP contribution in [0.4, 0.5) is 0 Å². The summed E-state index contributed by atoms with van der Waals surface area (Å²) in [6, 6.07) is 99.2. The van der Waals surface area contributed by atoms with E-state index in [1.165, 1.54) is 47.7 Å². The number of rotatable bonds is 9. The van der Waals surface area contributed by atoms with Gasteiger partial charge in [-0.25, -0.2) is 0 Å². The molecule has 0 saturated heterocycles. The minimum atomic E-state index is -0.502. The van der Waals surface area contributed by atoms with Gasteiger partial charge in [-0.1, -0.05) is 255 Å². The van der Waals surface area contributed by atoms with Crippen molar-refractivity contribution < 1.29 is 1.43 Å². The van der Waals surface area contributed by atoms with Gasteiger partial charge in [0.05, 0.1) is 0 Å². The molecule has 58 heavy (non-hydrogen) atoms. The van der Waals surface area contributed by atoms with Crippen molar-refractivity contribution in [2.75, 3.05) is 0 Å². The number of benzene rings is 9. The molecule has 0 aromatic heterocycles. The summed E-state index contributed by atoms with van der Waals surface area (Å²) in [6.07, 6.45) is 0. The van der Waals surface area contributed by atoms with Crippen molar-refractivity contribution >= 4 is 95.4 Å². The van der Waals surface area contributed by atoms with Crippen LogP contribution < -0.4 is 47.7 Å². The van der Waals surface area contributed by atoms with Gasteiger partial charge in [0.15, 0.2) is 0 Å². The first-order chi connectivity index (χ1) is 28.3. The van der Waals surface area contributed by atoms with Gasteiger partial charge in [-0.2, -0.15) is 0 Å². The molecule has 4 heteroatoms. The van der Waals surface area contributed by atoms with Crippen LogP contribution in [0.25, 0.3) is 0 Å². The van der Waals surface area contributed by atoms with Crippen molar-refractivity contribution in [1.82, 2.24) is 0 Å². The van der Waals surface area contributed by atoms with E-state index >= 15 is 0 Å². The van der Waals surface area contributed by atoms with E-state index in [0.717, 1.165) is 0 Å². The van der Waals surface area contributed by atoms with Crippen LogP contribution in [0.5, 0.6) is 0 Å². The third-order valence-electron chi connectivity index (χ3n) is 8.89. The smallest absolute Gasteiger partial charge is 0 e. The Hall–Kier alpha value is -4.93. The zero-order valence-electron chi connectivity index (χ0n) is 32.1. The molecular formula is C54H44P3Sn. The normalized spacial score (nSPS) is 10.4. The van der Waals surface area contributed by atoms with E-state index in [1.54, 1.807) is 0 Å². The van der Waals surface area contributed by atoms with Crippen LogP contribution in [0.15, 0.2) is 255 Å². The summed E-state index contributed by atoms with van der Waals surface area (Å²) in [5.41, 5.74) is 0. The maximum absolute atomic E-state index is 3.39. The second-order valence-electron chi connectivity index (χ2n) is 12.8. The Kier molecular flexibility index (Phi) is 17.3. The van der Waals surface area contributed by atoms with Gasteiger partial charge in [0.25, 0.3) is 0 Å². The maximum Gasteiger partial charge on any atom is 0 e. The second-order valence-corrected chi connectivity index (χ2v) is 19.3. The molecule has 9 aromatic rings. The zero-order chi connectivity index (χ0) is 38.7. The minimum absolute atomic E-state index is 0. The number of hydrogen-bond acceptors (Lipinski definition) is 0. The summed E-state index contributed by atoms with van der Waals surface area (Å²) < 4.78 is 0. The van der Waals surface area contributed by atoms with E-state index in [2.05, 4.69) is 237 Å². The fourth-order valence-corrected chi connectivity index (χ4v) is 13.0. The minimum Gasteiger partial charge on any atom is -0.0622 e. The van der Waals surface area contributed by atoms with Crippen LogP contribution in [0.1, 0.15) is 1.43 Å². The molecule has 0 spiro atoms. The van der Waals surface area contributed by atoms with Crippen molar-refractivity contribution in [2.45, 2.75) is 0 Å². The SMILES string of the molecule is [HH].[Sn].[c]1ccccc1P(c1ccccc1)c1ccccc1.[c]1ccccc1P(c1ccccc1)c1ccccc1.[c]1ccccc1P(c1ccccc1)c1ccccc1. The summed E-state index contributed by atoms with van der Waals surface area (Å²) in [5.74, 6) is 0. The fourth-order valence-electron chi connectivity index (χ4n) is 6.31. The third kappa shape index (κ3) is 12.1. The summed E-state index contributed by atoms with van der Waals surface area (Å²) in [5, 5.41) is 12.0. The van der Waals surface area contributed by atoms with Gasteiger partial charge < -0.3 is 0 Å². The van der Waals surface area contributed by atoms with Crippen molar-refractivity contribution in [3.8, 4) is 0 Å². The van der Waals surface area contributed by atoms with Gasteiger partial charge in [0.2, 0.25) is 0 Å². The van der Waals surface area contributed by atoms with E-state index in [4.69, 9.17) is 0 Å². The van der Waals surface area contributed by atoms with Crippen LogP contribution in [-0.2, 0) is 0 Å². The van der Waals surface area contributed by atoms with E-state index in [0.29, 0.717) is 0 Å². The van der Waals surface area contributed by atoms with Crippen molar-refractivity contribution in [3.05, 3.63) is 273 Å². The Morgan fingerprint density at radius 1 is 0.224 bits per heavy atom. The van der Waals surface area contributed by atoms with Gasteiger partial charge in [-0.15, -0.1) is 0 Å². The predicted molar refractivity (Wildman–Crippen MR) is 260 cm³/mol. The first-order valence-electron chi connectivity index (χ1n) is 19.0. The standard InChI is InChI=1S/3C18H14P.Sn.H2/c3*1-4-10-16(11-5-1)19(17-12-6-2-7-13-17)18-14-8-3-9-15-18;;/h3*1-14H;;1H. The van der Waals surface area contributed by atoms with Gasteiger partial charge in [0.1, 0.15) is 0 Å². The maximum atomic E-state index is 3.39. The van der Waals surface area contributed by atoms with Crippen molar-refractivity contribution in [2.24, 2.45) is 0 Å². The molecule has 0 atom stereocenters. The third-order valence-corrected chi connectivity index (χ3v) is 16.1. The summed E-state index contributed by atoms with van der Waals surface area (Å²) in [7, 11) is -1.50. The zero-order valence-corrected chi connectivity index (χ0v) is 37.6. The monoisotopic (exact) mass is 905 g/mol. The van der Waals surface area contributed by atoms with Crippen LogP contribution >= 0.6 is 23.8 Å². The summed E-state index contributed by atoms with van der Waals surface area (Å²) in [6.45, 7) is 0. The molecule has 0 aliphatic carbocycles. The molecule has 0 saturated carbocycles. The summed E-state index contributed by atoms with van der Waals surface area (Å²) in [4.78, 5) is 0. The van der Waals surface area contributed by atoms with E-state index in [-0.39, 0.29) is 25.3 Å². The molecular weight excluding hydrogens is 860 g/mol. The molecule has 0 N–H and O–H groups in total. The molecule has 0 unspecified atom stereocenters. The Labute approximate surface area is 367 Å². The Bertz CT molecular complexity index is 1870. The fraction of sp³-hybridized carbons (Fsp3) is 0. The van der Waals surface area contributed by atoms with E-state index in [1.807, 2.05) is 36.4 Å². The second kappa shape index (κ2) is 23.5. The van der Waals surface area contributed by atoms with Crippen molar-refractivity contribution in [1.29, 1.82) is 0 Å². The largest absolute Gasteiger partial charge is 0.0622 e. The molecule has 0 nitrogen and oxygen atoms in total. The Balaban J connectivity index is 0.000000165. The quantitative estimate of drug-likeness (QED) is 0.100. The van der Waals surface area contributed by atoms with Crippen molar-refractivity contribution in [3.63, 3.8) is 0 Å². The predicted octanol–water partition coefficient (Wildman–Crippen LogP) is 9.60. The van der Waals surface area contributed by atoms with Crippen LogP contribution in [0, 0.1) is 18.2 Å². The van der Waals surface area contributed by atoms with E-state index in [9.17, 15) is 0 Å². The van der Waals surface area contributed by atoms with Gasteiger partial charge >= 0.3 is 0 Å². The molecule has 279 valence electrons. The molecule has 0 aliphatic heterocycles. The molecule has 0 amide bonds. The average molecular weight is 905 g/mol. The van der Waals surface area contributed by atoms with E-state index < -0.39 is 23.8 Å². The van der Waals surface area contributed by atoms with Gasteiger partial charge in [0, 0.05) is 25.3 Å². The molecule has 9 rings (SSSR count). The first-order valence-corrected chi connectivity index (χ1v) is 23.0. The van der Waals surface area contributed by atoms with Gasteiger partial charge in [-0.3, -0.25) is 0 Å². The average Bonchev–Trinajstić information content (AvgIpc) is 3.30. The molecule has 0 fully saturated rings. The first kappa shape index (κ1) is 42.7. The van der Waals surface area contributed by atoms with Crippen LogP contribution in [0.3, 0.4) is 0 Å². The van der Waals surface area contributed by atoms with Crippen LogP contribution in [-0.4, -0.2) is 23.9 Å². The van der Waals surface area contributed by atoms with Crippen LogP contribution in [0.2, 0.25) is 0 Å². The Morgan fingerprint density at radius 2 is 0.397 bits per heavy atom. The molecule has 7 radical (unpaired) electrons.